The highest BCUT2D eigenvalue weighted by Gasteiger charge is 2.28. The van der Waals surface area contributed by atoms with Crippen LogP contribution in [-0.4, -0.2) is 72.3 Å². The van der Waals surface area contributed by atoms with Crippen LogP contribution in [0.5, 0.6) is 0 Å². The van der Waals surface area contributed by atoms with E-state index in [-0.39, 0.29) is 31.1 Å². The summed E-state index contributed by atoms with van der Waals surface area (Å²) in [6.45, 7) is 2.68. The van der Waals surface area contributed by atoms with E-state index >= 15 is 0 Å². The lowest BCUT2D eigenvalue weighted by Gasteiger charge is -2.19. The number of rotatable bonds is 14. The van der Waals surface area contributed by atoms with E-state index in [1.165, 1.54) is 0 Å². The molecule has 7 N–H and O–H groups in total. The molecular weight excluding hydrogens is 577 g/mol. The third-order valence-electron chi connectivity index (χ3n) is 6.88. The fraction of sp³-hybridized carbons (Fsp3) is 0.500. The smallest absolute Gasteiger partial charge is 0.396 e. The maximum atomic E-state index is 11.8. The summed E-state index contributed by atoms with van der Waals surface area (Å²) in [4.78, 5) is 42.4. The number of aromatic nitrogens is 4. The van der Waals surface area contributed by atoms with E-state index in [4.69, 9.17) is 20.3 Å². The molecule has 2 aliphatic rings. The Balaban J connectivity index is 0.000000197. The van der Waals surface area contributed by atoms with Crippen LogP contribution in [0, 0.1) is 5.92 Å². The fourth-order valence-electron chi connectivity index (χ4n) is 4.53. The number of nitrogen functional groups attached to an aromatic ring is 1. The number of hydrogen-bond donors (Lipinski definition) is 6. The maximum absolute atomic E-state index is 11.8. The number of phosphoric ester groups is 1. The Bertz CT molecular complexity index is 1410. The van der Waals surface area contributed by atoms with E-state index in [0.29, 0.717) is 18.3 Å². The van der Waals surface area contributed by atoms with Gasteiger partial charge in [0.2, 0.25) is 5.95 Å². The van der Waals surface area contributed by atoms with Crippen molar-refractivity contribution in [2.24, 2.45) is 5.92 Å². The summed E-state index contributed by atoms with van der Waals surface area (Å²) < 4.78 is 22.3. The molecular formula is C28H40N7O7P. The Morgan fingerprint density at radius 2 is 1.95 bits per heavy atom. The number of hydrogen-bond acceptors (Lipinski definition) is 11. The minimum Gasteiger partial charge on any atom is -0.396 e. The SMILES string of the molecule is CCCCCOC[C@H](Nc1ccccc1)C(=O)OP(=O)(O)O.Nc1nc(NC2CC2)c2ncn([C@H]3C=C[C@@H](CO)C3)c2n1. The van der Waals surface area contributed by atoms with Gasteiger partial charge < -0.3 is 35.3 Å². The zero-order valence-corrected chi connectivity index (χ0v) is 25.0. The number of para-hydroxylation sites is 1. The molecule has 2 aromatic heterocycles. The number of carbonyl (C=O) groups is 1. The Kier molecular flexibility index (Phi) is 11.5. The number of nitrogens with two attached hydrogens (primary N) is 1. The number of allylic oxidation sites excluding steroid dienone is 1. The highest BCUT2D eigenvalue weighted by molar-refractivity contribution is 7.46. The highest BCUT2D eigenvalue weighted by atomic mass is 31.2. The second kappa shape index (κ2) is 15.3. The van der Waals surface area contributed by atoms with Crippen molar-refractivity contribution in [1.29, 1.82) is 0 Å². The minimum atomic E-state index is -4.88. The van der Waals surface area contributed by atoms with Gasteiger partial charge in [-0.05, 0) is 37.8 Å². The number of phosphoric acid groups is 1. The minimum absolute atomic E-state index is 0.0303. The Morgan fingerprint density at radius 1 is 1.19 bits per heavy atom. The van der Waals surface area contributed by atoms with Crippen LogP contribution in [0.1, 0.15) is 51.5 Å². The average Bonchev–Trinajstić information content (AvgIpc) is 3.47. The van der Waals surface area contributed by atoms with Crippen LogP contribution in [0.25, 0.3) is 11.2 Å². The Hall–Kier alpha value is -3.55. The van der Waals surface area contributed by atoms with Crippen molar-refractivity contribution in [3.8, 4) is 0 Å². The first kappa shape index (κ1) is 32.4. The first-order valence-electron chi connectivity index (χ1n) is 14.4. The molecule has 43 heavy (non-hydrogen) atoms. The lowest BCUT2D eigenvalue weighted by Crippen LogP contribution is -2.35. The number of unbranched alkanes of at least 4 members (excludes halogenated alkanes) is 2. The number of ether oxygens (including phenoxy) is 1. The predicted octanol–water partition coefficient (Wildman–Crippen LogP) is 3.40. The molecule has 5 rings (SSSR count). The lowest BCUT2D eigenvalue weighted by atomic mass is 10.1. The van der Waals surface area contributed by atoms with Gasteiger partial charge in [-0.2, -0.15) is 9.97 Å². The third-order valence-corrected chi connectivity index (χ3v) is 7.30. The molecule has 0 radical (unpaired) electrons. The number of aliphatic hydroxyl groups excluding tert-OH is 1. The number of nitrogens with one attached hydrogen (secondary N) is 2. The topological polar surface area (TPSA) is 207 Å². The summed E-state index contributed by atoms with van der Waals surface area (Å²) in [6, 6.07) is 8.48. The molecule has 0 amide bonds. The number of anilines is 3. The van der Waals surface area contributed by atoms with Gasteiger partial charge in [0.25, 0.3) is 0 Å². The van der Waals surface area contributed by atoms with Crippen molar-refractivity contribution in [1.82, 2.24) is 19.5 Å². The molecule has 14 nitrogen and oxygen atoms in total. The zero-order valence-electron chi connectivity index (χ0n) is 24.1. The predicted molar refractivity (Wildman–Crippen MR) is 162 cm³/mol. The molecule has 0 saturated heterocycles. The number of fused-ring (bicyclic) bond motifs is 1. The van der Waals surface area contributed by atoms with Gasteiger partial charge in [0.1, 0.15) is 6.04 Å². The summed E-state index contributed by atoms with van der Waals surface area (Å²) in [6.07, 6.45) is 12.0. The van der Waals surface area contributed by atoms with Gasteiger partial charge >= 0.3 is 13.8 Å². The number of carbonyl (C=O) groups excluding carboxylic acids is 1. The van der Waals surface area contributed by atoms with Crippen LogP contribution in [0.4, 0.5) is 17.5 Å². The normalized spacial score (nSPS) is 18.6. The lowest BCUT2D eigenvalue weighted by molar-refractivity contribution is -0.137. The number of nitrogens with zero attached hydrogens (tertiary/aromatic N) is 4. The molecule has 0 aliphatic heterocycles. The van der Waals surface area contributed by atoms with Crippen LogP contribution in [0.15, 0.2) is 48.8 Å². The highest BCUT2D eigenvalue weighted by Crippen LogP contribution is 2.36. The van der Waals surface area contributed by atoms with Crippen LogP contribution in [-0.2, 0) is 18.6 Å². The number of benzene rings is 1. The first-order chi connectivity index (χ1) is 20.7. The molecule has 3 atom stereocenters. The van der Waals surface area contributed by atoms with Crippen molar-refractivity contribution < 1.29 is 33.5 Å². The standard InChI is InChI=1S/C14H18N6O.C14H22NO6P/c15-14-18-12(17-9-2-3-9)11-13(19-14)20(7-16-11)10-4-1-8(5-10)6-21;1-2-3-7-10-20-11-13(14(16)21-22(17,18)19)15-12-8-5-4-6-9-12/h1,4,7-10,21H,2-3,5-6H2,(H3,15,17,18,19);4-6,8-9,13,15H,2-3,7,10-11H2,1H3,(H2,17,18,19)/t8-,10+;13-/m10/s1. The van der Waals surface area contributed by atoms with Crippen LogP contribution < -0.4 is 16.4 Å². The molecule has 0 spiro atoms. The second-order valence-corrected chi connectivity index (χ2v) is 11.7. The number of imidazole rings is 1. The van der Waals surface area contributed by atoms with Gasteiger partial charge in [0.15, 0.2) is 17.0 Å². The molecule has 3 aromatic rings. The van der Waals surface area contributed by atoms with Crippen molar-refractivity contribution in [3.63, 3.8) is 0 Å². The van der Waals surface area contributed by atoms with Gasteiger partial charge in [0, 0.05) is 30.9 Å². The third kappa shape index (κ3) is 10.0. The van der Waals surface area contributed by atoms with E-state index in [1.807, 2.05) is 16.7 Å². The molecule has 0 unspecified atom stereocenters. The molecule has 2 heterocycles. The van der Waals surface area contributed by atoms with Crippen LogP contribution in [0.3, 0.4) is 0 Å². The second-order valence-electron chi connectivity index (χ2n) is 10.5. The van der Waals surface area contributed by atoms with Crippen LogP contribution in [0.2, 0.25) is 0 Å². The van der Waals surface area contributed by atoms with E-state index in [0.717, 1.165) is 55.5 Å². The van der Waals surface area contributed by atoms with E-state index in [9.17, 15) is 14.5 Å². The monoisotopic (exact) mass is 617 g/mol. The van der Waals surface area contributed by atoms with Gasteiger partial charge in [0.05, 0.1) is 19.0 Å². The van der Waals surface area contributed by atoms with E-state index in [2.05, 4.69) is 43.1 Å². The van der Waals surface area contributed by atoms with E-state index < -0.39 is 19.8 Å². The van der Waals surface area contributed by atoms with Gasteiger partial charge in [-0.1, -0.05) is 50.1 Å². The van der Waals surface area contributed by atoms with Crippen LogP contribution >= 0.6 is 7.82 Å². The Morgan fingerprint density at radius 3 is 2.60 bits per heavy atom. The van der Waals surface area contributed by atoms with Crippen molar-refractivity contribution in [2.75, 3.05) is 36.2 Å². The van der Waals surface area contributed by atoms with E-state index in [1.54, 1.807) is 30.6 Å². The molecule has 1 aromatic carbocycles. The molecule has 1 fully saturated rings. The summed E-state index contributed by atoms with van der Waals surface area (Å²) >= 11 is 0. The molecule has 0 bridgehead atoms. The summed E-state index contributed by atoms with van der Waals surface area (Å²) in [5.41, 5.74) is 7.98. The molecule has 15 heteroatoms. The summed E-state index contributed by atoms with van der Waals surface area (Å²) in [5.74, 6) is 0.135. The summed E-state index contributed by atoms with van der Waals surface area (Å²) in [5, 5.41) is 15.5. The maximum Gasteiger partial charge on any atom is 0.527 e. The average molecular weight is 618 g/mol. The molecule has 2 aliphatic carbocycles. The van der Waals surface area contributed by atoms with Crippen molar-refractivity contribution in [3.05, 3.63) is 48.8 Å². The first-order valence-corrected chi connectivity index (χ1v) is 15.9. The summed E-state index contributed by atoms with van der Waals surface area (Å²) in [7, 11) is -4.88. The van der Waals surface area contributed by atoms with Crippen molar-refractivity contribution in [2.45, 2.75) is 63.6 Å². The van der Waals surface area contributed by atoms with Crippen molar-refractivity contribution >= 4 is 42.4 Å². The molecule has 234 valence electrons. The zero-order chi connectivity index (χ0) is 30.8. The fourth-order valence-corrected chi connectivity index (χ4v) is 4.89. The quantitative estimate of drug-likeness (QED) is 0.0872. The molecule has 1 saturated carbocycles. The number of aliphatic hydroxyl groups is 1. The Labute approximate surface area is 250 Å². The van der Waals surface area contributed by atoms with Gasteiger partial charge in [-0.15, -0.1) is 0 Å². The largest absolute Gasteiger partial charge is 0.527 e. The van der Waals surface area contributed by atoms with Gasteiger partial charge in [-0.3, -0.25) is 9.79 Å². The van der Waals surface area contributed by atoms with Gasteiger partial charge in [-0.25, -0.2) is 14.3 Å².